The van der Waals surface area contributed by atoms with Gasteiger partial charge in [0, 0.05) is 37.3 Å². The summed E-state index contributed by atoms with van der Waals surface area (Å²) in [6.45, 7) is 4.88. The number of likely N-dealkylation sites (tertiary alicyclic amines) is 2. The third-order valence-electron chi connectivity index (χ3n) is 4.43. The molecule has 1 atom stereocenters. The number of carbonyl (C=O) groups excluding carboxylic acids is 1. The van der Waals surface area contributed by atoms with Crippen molar-refractivity contribution in [2.45, 2.75) is 44.6 Å². The van der Waals surface area contributed by atoms with Crippen LogP contribution in [0.3, 0.4) is 0 Å². The van der Waals surface area contributed by atoms with Gasteiger partial charge in [0.25, 0.3) is 0 Å². The average Bonchev–Trinajstić information content (AvgIpc) is 2.98. The van der Waals surface area contributed by atoms with Gasteiger partial charge in [-0.15, -0.1) is 0 Å². The molecule has 1 aliphatic carbocycles. The molecule has 17 heavy (non-hydrogen) atoms. The predicted molar refractivity (Wildman–Crippen MR) is 67.7 cm³/mol. The molecule has 3 rings (SSSR count). The lowest BCUT2D eigenvalue weighted by atomic mass is 10.1. The van der Waals surface area contributed by atoms with Crippen molar-refractivity contribution in [3.8, 4) is 0 Å². The predicted octanol–water partition coefficient (Wildman–Crippen LogP) is 1.79. The molecule has 1 unspecified atom stereocenters. The number of piperidine rings is 1. The van der Waals surface area contributed by atoms with Crippen LogP contribution in [0.2, 0.25) is 0 Å². The van der Waals surface area contributed by atoms with Crippen LogP contribution in [-0.2, 0) is 4.79 Å². The summed E-state index contributed by atoms with van der Waals surface area (Å²) in [6.07, 6.45) is 9.03. The first-order valence-corrected chi connectivity index (χ1v) is 7.05. The van der Waals surface area contributed by atoms with E-state index in [2.05, 4.69) is 9.80 Å². The van der Waals surface area contributed by atoms with E-state index in [1.807, 2.05) is 6.08 Å². The summed E-state index contributed by atoms with van der Waals surface area (Å²) in [5, 5.41) is 0. The van der Waals surface area contributed by atoms with Crippen molar-refractivity contribution in [2.75, 3.05) is 26.2 Å². The summed E-state index contributed by atoms with van der Waals surface area (Å²) in [7, 11) is 0. The third kappa shape index (κ3) is 2.39. The number of carbonyl (C=O) groups is 1. The zero-order valence-electron chi connectivity index (χ0n) is 10.5. The highest BCUT2D eigenvalue weighted by Crippen LogP contribution is 2.27. The van der Waals surface area contributed by atoms with Crippen molar-refractivity contribution in [3.05, 3.63) is 11.8 Å². The largest absolute Gasteiger partial charge is 0.373 e. The molecule has 0 bridgehead atoms. The Morgan fingerprint density at radius 3 is 2.59 bits per heavy atom. The number of hydrogen-bond donors (Lipinski definition) is 0. The first-order valence-electron chi connectivity index (χ1n) is 7.05. The lowest BCUT2D eigenvalue weighted by Gasteiger charge is -2.32. The van der Waals surface area contributed by atoms with Crippen molar-refractivity contribution >= 4 is 5.78 Å². The van der Waals surface area contributed by atoms with Crippen LogP contribution >= 0.6 is 0 Å². The quantitative estimate of drug-likeness (QED) is 0.728. The minimum Gasteiger partial charge on any atom is -0.373 e. The first kappa shape index (κ1) is 11.3. The molecule has 0 radical (unpaired) electrons. The smallest absolute Gasteiger partial charge is 0.157 e. The van der Waals surface area contributed by atoms with E-state index in [-0.39, 0.29) is 0 Å². The van der Waals surface area contributed by atoms with E-state index in [9.17, 15) is 4.79 Å². The zero-order valence-corrected chi connectivity index (χ0v) is 10.5. The summed E-state index contributed by atoms with van der Waals surface area (Å²) >= 11 is 0. The second kappa shape index (κ2) is 4.81. The molecule has 0 N–H and O–H groups in total. The van der Waals surface area contributed by atoms with Crippen LogP contribution in [0.25, 0.3) is 0 Å². The number of rotatable bonds is 2. The number of hydrogen-bond acceptors (Lipinski definition) is 3. The van der Waals surface area contributed by atoms with Gasteiger partial charge in [-0.25, -0.2) is 0 Å². The number of nitrogens with zero attached hydrogens (tertiary/aromatic N) is 2. The van der Waals surface area contributed by atoms with Crippen molar-refractivity contribution < 1.29 is 4.79 Å². The highest BCUT2D eigenvalue weighted by Gasteiger charge is 2.30. The SMILES string of the molecule is O=C1C=C(N2CCC(N3CCCCC3)C2)CC1. The van der Waals surface area contributed by atoms with Crippen molar-refractivity contribution in [1.82, 2.24) is 9.80 Å². The molecule has 0 aromatic carbocycles. The summed E-state index contributed by atoms with van der Waals surface area (Å²) in [4.78, 5) is 16.4. The summed E-state index contributed by atoms with van der Waals surface area (Å²) in [6, 6.07) is 0.743. The van der Waals surface area contributed by atoms with Crippen LogP contribution in [-0.4, -0.2) is 47.8 Å². The Bertz CT molecular complexity index is 331. The molecule has 0 aromatic rings. The molecule has 94 valence electrons. The van der Waals surface area contributed by atoms with Crippen molar-refractivity contribution in [3.63, 3.8) is 0 Å². The molecule has 0 aromatic heterocycles. The van der Waals surface area contributed by atoms with Crippen LogP contribution in [0.4, 0.5) is 0 Å². The van der Waals surface area contributed by atoms with E-state index in [0.29, 0.717) is 5.78 Å². The second-order valence-electron chi connectivity index (χ2n) is 5.59. The summed E-state index contributed by atoms with van der Waals surface area (Å²) in [5.74, 6) is 0.321. The minimum atomic E-state index is 0.321. The second-order valence-corrected chi connectivity index (χ2v) is 5.59. The van der Waals surface area contributed by atoms with E-state index in [4.69, 9.17) is 0 Å². The highest BCUT2D eigenvalue weighted by atomic mass is 16.1. The minimum absolute atomic E-state index is 0.321. The van der Waals surface area contributed by atoms with E-state index < -0.39 is 0 Å². The molecule has 2 fully saturated rings. The maximum absolute atomic E-state index is 11.3. The van der Waals surface area contributed by atoms with Gasteiger partial charge in [-0.1, -0.05) is 6.42 Å². The van der Waals surface area contributed by atoms with Gasteiger partial charge in [0.1, 0.15) is 0 Å². The zero-order chi connectivity index (χ0) is 11.7. The molecule has 3 aliphatic rings. The van der Waals surface area contributed by atoms with Gasteiger partial charge >= 0.3 is 0 Å². The monoisotopic (exact) mass is 234 g/mol. The van der Waals surface area contributed by atoms with E-state index >= 15 is 0 Å². The average molecular weight is 234 g/mol. The van der Waals surface area contributed by atoms with Crippen LogP contribution in [0.15, 0.2) is 11.8 Å². The summed E-state index contributed by atoms with van der Waals surface area (Å²) < 4.78 is 0. The van der Waals surface area contributed by atoms with Gasteiger partial charge in [-0.3, -0.25) is 9.69 Å². The molecule has 2 heterocycles. The molecule has 0 spiro atoms. The van der Waals surface area contributed by atoms with Crippen LogP contribution in [0.1, 0.15) is 38.5 Å². The molecular formula is C14H22N2O. The van der Waals surface area contributed by atoms with Gasteiger partial charge in [0.05, 0.1) is 0 Å². The Labute approximate surface area is 103 Å². The Hall–Kier alpha value is -0.830. The molecule has 2 aliphatic heterocycles. The van der Waals surface area contributed by atoms with Crippen LogP contribution in [0.5, 0.6) is 0 Å². The fraction of sp³-hybridized carbons (Fsp3) is 0.786. The van der Waals surface area contributed by atoms with Gasteiger partial charge in [-0.05, 0) is 38.8 Å². The first-order chi connectivity index (χ1) is 8.33. The van der Waals surface area contributed by atoms with Crippen LogP contribution in [0, 0.1) is 0 Å². The van der Waals surface area contributed by atoms with Crippen molar-refractivity contribution in [2.24, 2.45) is 0 Å². The molecule has 2 saturated heterocycles. The topological polar surface area (TPSA) is 23.6 Å². The van der Waals surface area contributed by atoms with Gasteiger partial charge in [0.15, 0.2) is 5.78 Å². The van der Waals surface area contributed by atoms with Gasteiger partial charge in [0.2, 0.25) is 0 Å². The maximum Gasteiger partial charge on any atom is 0.157 e. The Kier molecular flexibility index (Phi) is 3.19. The number of ketones is 1. The normalized spacial score (nSPS) is 31.1. The third-order valence-corrected chi connectivity index (χ3v) is 4.43. The fourth-order valence-corrected chi connectivity index (χ4v) is 3.42. The molecular weight excluding hydrogens is 212 g/mol. The lowest BCUT2D eigenvalue weighted by Crippen LogP contribution is -2.40. The van der Waals surface area contributed by atoms with Gasteiger partial charge < -0.3 is 4.90 Å². The molecule has 0 amide bonds. The van der Waals surface area contributed by atoms with Crippen molar-refractivity contribution in [1.29, 1.82) is 0 Å². The van der Waals surface area contributed by atoms with E-state index in [1.165, 1.54) is 44.5 Å². The fourth-order valence-electron chi connectivity index (χ4n) is 3.42. The lowest BCUT2D eigenvalue weighted by molar-refractivity contribution is -0.114. The molecule has 0 saturated carbocycles. The van der Waals surface area contributed by atoms with E-state index in [0.717, 1.165) is 32.0 Å². The Morgan fingerprint density at radius 1 is 1.06 bits per heavy atom. The highest BCUT2D eigenvalue weighted by molar-refractivity contribution is 5.92. The standard InChI is InChI=1S/C14H22N2O/c17-14-5-4-12(10-14)16-9-6-13(11-16)15-7-2-1-3-8-15/h10,13H,1-9,11H2. The number of allylic oxidation sites excluding steroid dienone is 2. The Balaban J connectivity index is 1.58. The van der Waals surface area contributed by atoms with E-state index in [1.54, 1.807) is 0 Å². The Morgan fingerprint density at radius 2 is 1.88 bits per heavy atom. The maximum atomic E-state index is 11.3. The molecule has 3 nitrogen and oxygen atoms in total. The summed E-state index contributed by atoms with van der Waals surface area (Å²) in [5.41, 5.74) is 1.30. The van der Waals surface area contributed by atoms with Crippen LogP contribution < -0.4 is 0 Å². The molecule has 3 heteroatoms. The van der Waals surface area contributed by atoms with Gasteiger partial charge in [-0.2, -0.15) is 0 Å².